The van der Waals surface area contributed by atoms with E-state index in [9.17, 15) is 19.6 Å². The Kier molecular flexibility index (Phi) is 9.17. The first-order chi connectivity index (χ1) is 13.8. The molecule has 0 spiro atoms. The molecule has 1 heterocycles. The number of nitrogens with one attached hydrogen (secondary N) is 2. The molecule has 1 aromatic rings. The molecule has 0 aromatic carbocycles. The summed E-state index contributed by atoms with van der Waals surface area (Å²) in [5.41, 5.74) is 0.178. The van der Waals surface area contributed by atoms with Crippen molar-refractivity contribution in [3.8, 4) is 0 Å². The van der Waals surface area contributed by atoms with Gasteiger partial charge in [0.05, 0.1) is 0 Å². The fourth-order valence-corrected chi connectivity index (χ4v) is 2.95. The second-order valence-electron chi connectivity index (χ2n) is 9.00. The van der Waals surface area contributed by atoms with E-state index in [4.69, 9.17) is 0 Å². The van der Waals surface area contributed by atoms with Crippen LogP contribution in [0.4, 0.5) is 5.69 Å². The van der Waals surface area contributed by atoms with E-state index in [2.05, 4.69) is 22.2 Å². The summed E-state index contributed by atoms with van der Waals surface area (Å²) in [5, 5.41) is 15.9. The first-order valence-electron chi connectivity index (χ1n) is 10.0. The van der Waals surface area contributed by atoms with Crippen LogP contribution < -0.4 is 10.6 Å². The number of pyridine rings is 1. The number of carbonyl (C=O) groups excluding carboxylic acids is 3. The van der Waals surface area contributed by atoms with E-state index in [1.54, 1.807) is 24.5 Å². The van der Waals surface area contributed by atoms with Gasteiger partial charge in [-0.15, -0.1) is 0 Å². The third-order valence-electron chi connectivity index (χ3n) is 4.51. The number of amides is 3. The van der Waals surface area contributed by atoms with Gasteiger partial charge in [-0.2, -0.15) is 5.06 Å². The van der Waals surface area contributed by atoms with Gasteiger partial charge in [0, 0.05) is 36.1 Å². The first-order valence-corrected chi connectivity index (χ1v) is 10.0. The van der Waals surface area contributed by atoms with Crippen LogP contribution in [-0.4, -0.2) is 39.0 Å². The van der Waals surface area contributed by atoms with Crippen molar-refractivity contribution >= 4 is 23.4 Å². The highest BCUT2D eigenvalue weighted by molar-refractivity contribution is 5.98. The third kappa shape index (κ3) is 7.94. The molecule has 8 nitrogen and oxygen atoms in total. The van der Waals surface area contributed by atoms with E-state index in [1.165, 1.54) is 6.92 Å². The third-order valence-corrected chi connectivity index (χ3v) is 4.51. The Morgan fingerprint density at radius 3 is 2.20 bits per heavy atom. The minimum Gasteiger partial charge on any atom is -0.344 e. The maximum absolute atomic E-state index is 13.0. The lowest BCUT2D eigenvalue weighted by molar-refractivity contribution is -0.159. The summed E-state index contributed by atoms with van der Waals surface area (Å²) >= 11 is 0. The largest absolute Gasteiger partial charge is 0.344 e. The molecule has 0 saturated heterocycles. The average Bonchev–Trinajstić information content (AvgIpc) is 2.63. The summed E-state index contributed by atoms with van der Waals surface area (Å²) in [4.78, 5) is 42.1. The van der Waals surface area contributed by atoms with Crippen molar-refractivity contribution in [1.82, 2.24) is 15.4 Å². The Balaban J connectivity index is 3.00. The van der Waals surface area contributed by atoms with Gasteiger partial charge in [-0.3, -0.25) is 24.6 Å². The monoisotopic (exact) mass is 418 g/mol. The SMILES string of the molecule is C=C(C)N(O)C(=O)C[C@@H](CC(C)C)C(=O)NC(C(=O)Nc1ccncc1)C(C)(C)C. The zero-order chi connectivity index (χ0) is 23.1. The number of hydrogen-bond acceptors (Lipinski definition) is 5. The van der Waals surface area contributed by atoms with Crippen LogP contribution in [0.2, 0.25) is 0 Å². The van der Waals surface area contributed by atoms with E-state index in [0.29, 0.717) is 17.2 Å². The van der Waals surface area contributed by atoms with E-state index in [-0.39, 0.29) is 23.9 Å². The summed E-state index contributed by atoms with van der Waals surface area (Å²) in [6.45, 7) is 14.5. The summed E-state index contributed by atoms with van der Waals surface area (Å²) in [6, 6.07) is 2.49. The molecule has 0 bridgehead atoms. The fraction of sp³-hybridized carbons (Fsp3) is 0.545. The van der Waals surface area contributed by atoms with Crippen LogP contribution in [0, 0.1) is 17.3 Å². The van der Waals surface area contributed by atoms with Crippen LogP contribution in [0.25, 0.3) is 0 Å². The number of aromatic nitrogens is 1. The number of anilines is 1. The quantitative estimate of drug-likeness (QED) is 0.421. The lowest BCUT2D eigenvalue weighted by atomic mass is 9.85. The maximum atomic E-state index is 13.0. The highest BCUT2D eigenvalue weighted by Gasteiger charge is 2.35. The summed E-state index contributed by atoms with van der Waals surface area (Å²) in [6.07, 6.45) is 3.38. The van der Waals surface area contributed by atoms with Crippen molar-refractivity contribution < 1.29 is 19.6 Å². The molecular weight excluding hydrogens is 384 g/mol. The molecule has 3 amide bonds. The van der Waals surface area contributed by atoms with Gasteiger partial charge in [0.1, 0.15) is 6.04 Å². The molecule has 3 N–H and O–H groups in total. The van der Waals surface area contributed by atoms with E-state index in [0.717, 1.165) is 0 Å². The highest BCUT2D eigenvalue weighted by Crippen LogP contribution is 2.24. The lowest BCUT2D eigenvalue weighted by Gasteiger charge is -2.32. The Morgan fingerprint density at radius 1 is 1.17 bits per heavy atom. The predicted molar refractivity (Wildman–Crippen MR) is 115 cm³/mol. The molecule has 1 rings (SSSR count). The molecule has 30 heavy (non-hydrogen) atoms. The van der Waals surface area contributed by atoms with Crippen LogP contribution in [0.1, 0.15) is 54.4 Å². The van der Waals surface area contributed by atoms with Gasteiger partial charge in [0.15, 0.2) is 0 Å². The highest BCUT2D eigenvalue weighted by atomic mass is 16.5. The van der Waals surface area contributed by atoms with Gasteiger partial charge in [0.2, 0.25) is 11.8 Å². The standard InChI is InChI=1S/C22H34N4O4/c1-14(2)12-16(13-18(27)26(30)15(3)4)20(28)25-19(22(5,6)7)21(29)24-17-8-10-23-11-9-17/h8-11,14,16,19,30H,3,12-13H2,1-2,4-7H3,(H,25,28)(H,23,24,29)/t16-,19?/m1/s1. The molecule has 0 fully saturated rings. The van der Waals surface area contributed by atoms with Crippen molar-refractivity contribution in [2.75, 3.05) is 5.32 Å². The summed E-state index contributed by atoms with van der Waals surface area (Å²) in [7, 11) is 0. The normalized spacial score (nSPS) is 13.3. The molecular formula is C22H34N4O4. The van der Waals surface area contributed by atoms with Crippen molar-refractivity contribution in [2.24, 2.45) is 17.3 Å². The first kappa shape index (κ1) is 25.3. The number of allylic oxidation sites excluding steroid dienone is 1. The number of hydroxylamine groups is 2. The van der Waals surface area contributed by atoms with Gasteiger partial charge in [-0.05, 0) is 36.8 Å². The minimum atomic E-state index is -0.825. The molecule has 0 aliphatic rings. The van der Waals surface area contributed by atoms with Gasteiger partial charge in [-0.1, -0.05) is 41.2 Å². The molecule has 166 valence electrons. The fourth-order valence-electron chi connectivity index (χ4n) is 2.95. The van der Waals surface area contributed by atoms with E-state index in [1.807, 2.05) is 34.6 Å². The van der Waals surface area contributed by atoms with E-state index >= 15 is 0 Å². The van der Waals surface area contributed by atoms with E-state index < -0.39 is 29.2 Å². The molecule has 2 atom stereocenters. The van der Waals surface area contributed by atoms with Gasteiger partial charge >= 0.3 is 0 Å². The topological polar surface area (TPSA) is 112 Å². The molecule has 0 aliphatic heterocycles. The van der Waals surface area contributed by atoms with Crippen LogP contribution >= 0.6 is 0 Å². The number of hydrogen-bond donors (Lipinski definition) is 3. The lowest BCUT2D eigenvalue weighted by Crippen LogP contribution is -2.53. The Hall–Kier alpha value is -2.74. The second-order valence-corrected chi connectivity index (χ2v) is 9.00. The zero-order valence-electron chi connectivity index (χ0n) is 18.7. The summed E-state index contributed by atoms with van der Waals surface area (Å²) in [5.74, 6) is -1.93. The van der Waals surface area contributed by atoms with Gasteiger partial charge in [-0.25, -0.2) is 0 Å². The molecule has 1 unspecified atom stereocenters. The van der Waals surface area contributed by atoms with Gasteiger partial charge < -0.3 is 10.6 Å². The van der Waals surface area contributed by atoms with Crippen molar-refractivity contribution in [2.45, 2.75) is 60.4 Å². The maximum Gasteiger partial charge on any atom is 0.251 e. The number of nitrogens with zero attached hydrogens (tertiary/aromatic N) is 2. The predicted octanol–water partition coefficient (Wildman–Crippen LogP) is 3.35. The molecule has 0 aliphatic carbocycles. The number of rotatable bonds is 9. The average molecular weight is 419 g/mol. The van der Waals surface area contributed by atoms with Gasteiger partial charge in [0.25, 0.3) is 5.91 Å². The van der Waals surface area contributed by atoms with Crippen LogP contribution in [0.15, 0.2) is 36.8 Å². The van der Waals surface area contributed by atoms with Crippen LogP contribution in [0.5, 0.6) is 0 Å². The zero-order valence-corrected chi connectivity index (χ0v) is 18.7. The Labute approximate surface area is 178 Å². The van der Waals surface area contributed by atoms with Crippen molar-refractivity contribution in [3.05, 3.63) is 36.8 Å². The van der Waals surface area contributed by atoms with Crippen LogP contribution in [-0.2, 0) is 14.4 Å². The van der Waals surface area contributed by atoms with Crippen molar-refractivity contribution in [3.63, 3.8) is 0 Å². The Bertz CT molecular complexity index is 756. The minimum absolute atomic E-state index is 0.143. The molecule has 8 heteroatoms. The van der Waals surface area contributed by atoms with Crippen molar-refractivity contribution in [1.29, 1.82) is 0 Å². The molecule has 0 radical (unpaired) electrons. The number of carbonyl (C=O) groups is 3. The Morgan fingerprint density at radius 2 is 1.73 bits per heavy atom. The van der Waals surface area contributed by atoms with Crippen LogP contribution in [0.3, 0.4) is 0 Å². The molecule has 1 aromatic heterocycles. The smallest absolute Gasteiger partial charge is 0.251 e. The summed E-state index contributed by atoms with van der Waals surface area (Å²) < 4.78 is 0. The molecule has 0 saturated carbocycles. The second kappa shape index (κ2) is 10.9.